The van der Waals surface area contributed by atoms with Crippen molar-refractivity contribution in [3.8, 4) is 0 Å². The minimum Gasteiger partial charge on any atom is -0.448 e. The Morgan fingerprint density at radius 3 is 2.11 bits per heavy atom. The Hall–Kier alpha value is -1.06. The molecule has 4 nitrogen and oxygen atoms in total. The van der Waals surface area contributed by atoms with Crippen molar-refractivity contribution in [3.05, 3.63) is 0 Å². The Labute approximate surface area is 109 Å². The van der Waals surface area contributed by atoms with E-state index in [2.05, 4.69) is 0 Å². The molecule has 0 aromatic carbocycles. The fourth-order valence-corrected chi connectivity index (χ4v) is 3.49. The molecule has 4 heteroatoms. The highest BCUT2D eigenvalue weighted by molar-refractivity contribution is 5.96. The van der Waals surface area contributed by atoms with Crippen LogP contribution in [-0.4, -0.2) is 35.5 Å². The first-order valence-electron chi connectivity index (χ1n) is 6.79. The zero-order valence-corrected chi connectivity index (χ0v) is 12.0. The minimum absolute atomic E-state index is 0.0212. The lowest BCUT2D eigenvalue weighted by Gasteiger charge is -2.38. The van der Waals surface area contributed by atoms with Crippen LogP contribution in [0, 0.1) is 10.8 Å². The monoisotopic (exact) mass is 253 g/mol. The second kappa shape index (κ2) is 3.72. The highest BCUT2D eigenvalue weighted by atomic mass is 16.6. The van der Waals surface area contributed by atoms with Crippen molar-refractivity contribution >= 4 is 11.9 Å². The van der Waals surface area contributed by atoms with Gasteiger partial charge in [-0.25, -0.2) is 0 Å². The van der Waals surface area contributed by atoms with Crippen molar-refractivity contribution < 1.29 is 14.3 Å². The number of hydrogen-bond acceptors (Lipinski definition) is 3. The number of amides is 1. The fraction of sp³-hybridized carbons (Fsp3) is 0.857. The lowest BCUT2D eigenvalue weighted by Crippen LogP contribution is -2.54. The van der Waals surface area contributed by atoms with Crippen LogP contribution >= 0.6 is 0 Å². The van der Waals surface area contributed by atoms with Gasteiger partial charge in [0.25, 0.3) is 5.91 Å². The SMILES string of the molecule is CCN(CC)C(=O)[C@]12CC[C@](C)(C(=O)O1)C2(C)C. The molecule has 2 fully saturated rings. The average molecular weight is 253 g/mol. The van der Waals surface area contributed by atoms with Gasteiger partial charge in [-0.3, -0.25) is 9.59 Å². The number of likely N-dealkylation sites (N-methyl/N-ethyl adjacent to an activating group) is 1. The van der Waals surface area contributed by atoms with Crippen LogP contribution in [0.3, 0.4) is 0 Å². The maximum absolute atomic E-state index is 12.7. The molecule has 1 saturated heterocycles. The molecule has 1 aliphatic carbocycles. The van der Waals surface area contributed by atoms with Gasteiger partial charge in [0, 0.05) is 18.5 Å². The number of nitrogens with zero attached hydrogens (tertiary/aromatic N) is 1. The summed E-state index contributed by atoms with van der Waals surface area (Å²) in [6, 6.07) is 0. The van der Waals surface area contributed by atoms with E-state index < -0.39 is 16.4 Å². The van der Waals surface area contributed by atoms with Gasteiger partial charge < -0.3 is 9.64 Å². The van der Waals surface area contributed by atoms with E-state index in [0.29, 0.717) is 19.5 Å². The number of carbonyl (C=O) groups excluding carboxylic acids is 2. The van der Waals surface area contributed by atoms with Crippen LogP contribution in [0.25, 0.3) is 0 Å². The summed E-state index contributed by atoms with van der Waals surface area (Å²) >= 11 is 0. The Balaban J connectivity index is 2.44. The molecule has 1 saturated carbocycles. The molecular weight excluding hydrogens is 230 g/mol. The van der Waals surface area contributed by atoms with Gasteiger partial charge in [-0.05, 0) is 33.6 Å². The van der Waals surface area contributed by atoms with Crippen molar-refractivity contribution in [2.45, 2.75) is 53.1 Å². The second-order valence-electron chi connectivity index (χ2n) is 6.15. The van der Waals surface area contributed by atoms with Gasteiger partial charge in [0.1, 0.15) is 0 Å². The third-order valence-electron chi connectivity index (χ3n) is 5.48. The molecule has 102 valence electrons. The molecule has 0 spiro atoms. The van der Waals surface area contributed by atoms with Crippen LogP contribution in [0.15, 0.2) is 0 Å². The third kappa shape index (κ3) is 1.21. The molecule has 2 atom stereocenters. The molecule has 2 bridgehead atoms. The standard InChI is InChI=1S/C14H23NO3/c1-6-15(7-2)10(16)14-9-8-13(5,11(17)18-14)12(14,3)4/h6-9H2,1-5H3/t13-,14+/m1/s1. The van der Waals surface area contributed by atoms with Crippen LogP contribution in [0.1, 0.15) is 47.5 Å². The van der Waals surface area contributed by atoms with Gasteiger partial charge >= 0.3 is 5.97 Å². The molecule has 0 radical (unpaired) electrons. The fourth-order valence-electron chi connectivity index (χ4n) is 3.49. The van der Waals surface area contributed by atoms with E-state index in [0.717, 1.165) is 6.42 Å². The molecular formula is C14H23NO3. The lowest BCUT2D eigenvalue weighted by molar-refractivity contribution is -0.173. The number of ether oxygens (including phenoxy) is 1. The summed E-state index contributed by atoms with van der Waals surface area (Å²) in [6.07, 6.45) is 1.39. The predicted molar refractivity (Wildman–Crippen MR) is 67.9 cm³/mol. The summed E-state index contributed by atoms with van der Waals surface area (Å²) in [5.41, 5.74) is -1.89. The van der Waals surface area contributed by atoms with Crippen LogP contribution in [0.5, 0.6) is 0 Å². The predicted octanol–water partition coefficient (Wildman–Crippen LogP) is 1.98. The molecule has 1 aliphatic heterocycles. The van der Waals surface area contributed by atoms with Crippen LogP contribution in [0.2, 0.25) is 0 Å². The summed E-state index contributed by atoms with van der Waals surface area (Å²) in [7, 11) is 0. The third-order valence-corrected chi connectivity index (χ3v) is 5.48. The van der Waals surface area contributed by atoms with E-state index in [1.54, 1.807) is 4.90 Å². The van der Waals surface area contributed by atoms with Crippen molar-refractivity contribution in [1.29, 1.82) is 0 Å². The zero-order valence-electron chi connectivity index (χ0n) is 12.0. The number of hydrogen-bond donors (Lipinski definition) is 0. The maximum Gasteiger partial charge on any atom is 0.313 e. The second-order valence-corrected chi connectivity index (χ2v) is 6.15. The Morgan fingerprint density at radius 1 is 1.22 bits per heavy atom. The molecule has 1 heterocycles. The van der Waals surface area contributed by atoms with Crippen molar-refractivity contribution in [2.24, 2.45) is 10.8 Å². The molecule has 2 rings (SSSR count). The largest absolute Gasteiger partial charge is 0.448 e. The van der Waals surface area contributed by atoms with E-state index in [9.17, 15) is 9.59 Å². The first-order chi connectivity index (χ1) is 8.27. The summed E-state index contributed by atoms with van der Waals surface area (Å²) in [4.78, 5) is 26.6. The molecule has 0 N–H and O–H groups in total. The summed E-state index contributed by atoms with van der Waals surface area (Å²) in [5.74, 6) is -0.230. The van der Waals surface area contributed by atoms with Crippen LogP contribution < -0.4 is 0 Å². The van der Waals surface area contributed by atoms with Gasteiger partial charge in [-0.15, -0.1) is 0 Å². The number of carbonyl (C=O) groups is 2. The van der Waals surface area contributed by atoms with Gasteiger partial charge in [-0.2, -0.15) is 0 Å². The molecule has 0 unspecified atom stereocenters. The van der Waals surface area contributed by atoms with Crippen molar-refractivity contribution in [2.75, 3.05) is 13.1 Å². The van der Waals surface area contributed by atoms with Gasteiger partial charge in [0.15, 0.2) is 5.60 Å². The Morgan fingerprint density at radius 2 is 1.78 bits per heavy atom. The molecule has 2 aliphatic rings. The first-order valence-corrected chi connectivity index (χ1v) is 6.79. The minimum atomic E-state index is -0.940. The molecule has 18 heavy (non-hydrogen) atoms. The molecule has 0 aromatic rings. The van der Waals surface area contributed by atoms with Gasteiger partial charge in [0.2, 0.25) is 0 Å². The first kappa shape index (κ1) is 13.4. The van der Waals surface area contributed by atoms with Crippen LogP contribution in [0.4, 0.5) is 0 Å². The van der Waals surface area contributed by atoms with E-state index in [1.165, 1.54) is 0 Å². The lowest BCUT2D eigenvalue weighted by atomic mass is 9.66. The maximum atomic E-state index is 12.7. The normalized spacial score (nSPS) is 36.6. The number of fused-ring (bicyclic) bond motifs is 2. The quantitative estimate of drug-likeness (QED) is 0.722. The summed E-state index contributed by atoms with van der Waals surface area (Å²) in [5, 5.41) is 0. The van der Waals surface area contributed by atoms with Crippen LogP contribution in [-0.2, 0) is 14.3 Å². The zero-order chi connectivity index (χ0) is 13.8. The van der Waals surface area contributed by atoms with Crippen molar-refractivity contribution in [3.63, 3.8) is 0 Å². The topological polar surface area (TPSA) is 46.6 Å². The summed E-state index contributed by atoms with van der Waals surface area (Å²) < 4.78 is 5.58. The average Bonchev–Trinajstić information content (AvgIpc) is 2.61. The number of rotatable bonds is 3. The van der Waals surface area contributed by atoms with Gasteiger partial charge in [-0.1, -0.05) is 13.8 Å². The van der Waals surface area contributed by atoms with E-state index in [1.807, 2.05) is 34.6 Å². The van der Waals surface area contributed by atoms with E-state index in [4.69, 9.17) is 4.74 Å². The van der Waals surface area contributed by atoms with Crippen molar-refractivity contribution in [1.82, 2.24) is 4.90 Å². The smallest absolute Gasteiger partial charge is 0.313 e. The molecule has 0 aromatic heterocycles. The highest BCUT2D eigenvalue weighted by Gasteiger charge is 2.76. The molecule has 1 amide bonds. The van der Waals surface area contributed by atoms with E-state index in [-0.39, 0.29) is 11.9 Å². The summed E-state index contributed by atoms with van der Waals surface area (Å²) in [6.45, 7) is 11.1. The van der Waals surface area contributed by atoms with Gasteiger partial charge in [0.05, 0.1) is 5.41 Å². The highest BCUT2D eigenvalue weighted by Crippen LogP contribution is 2.65. The number of esters is 1. The van der Waals surface area contributed by atoms with E-state index >= 15 is 0 Å². The Bertz CT molecular complexity index is 400. The Kier molecular flexibility index (Phi) is 2.76.